The van der Waals surface area contributed by atoms with Crippen molar-refractivity contribution in [3.8, 4) is 6.07 Å². The lowest BCUT2D eigenvalue weighted by molar-refractivity contribution is 0.00578. The lowest BCUT2D eigenvalue weighted by Crippen LogP contribution is -2.41. The molecule has 2 heterocycles. The van der Waals surface area contributed by atoms with Crippen LogP contribution in [0.15, 0.2) is 34.9 Å². The quantitative estimate of drug-likeness (QED) is 0.862. The van der Waals surface area contributed by atoms with Crippen LogP contribution >= 0.6 is 11.3 Å². The Morgan fingerprint density at radius 1 is 1.26 bits per heavy atom. The monoisotopic (exact) mass is 328 g/mol. The summed E-state index contributed by atoms with van der Waals surface area (Å²) in [6.45, 7) is 8.21. The van der Waals surface area contributed by atoms with E-state index in [1.165, 1.54) is 0 Å². The molecule has 1 saturated heterocycles. The average Bonchev–Trinajstić information content (AvgIpc) is 3.02. The molecule has 120 valence electrons. The zero-order valence-corrected chi connectivity index (χ0v) is 14.8. The first-order valence-corrected chi connectivity index (χ1v) is 8.72. The molecule has 23 heavy (non-hydrogen) atoms. The van der Waals surface area contributed by atoms with Gasteiger partial charge in [0.2, 0.25) is 0 Å². The van der Waals surface area contributed by atoms with Crippen molar-refractivity contribution < 1.29 is 9.31 Å². The lowest BCUT2D eigenvalue weighted by atomic mass is 9.86. The van der Waals surface area contributed by atoms with Crippen LogP contribution in [0.4, 0.5) is 5.69 Å². The number of anilines is 1. The molecule has 1 N–H and O–H groups in total. The molecule has 0 bridgehead atoms. The molecule has 3 rings (SSSR count). The fraction of sp³-hybridized carbons (Fsp3) is 0.471. The highest BCUT2D eigenvalue weighted by Crippen LogP contribution is 2.37. The van der Waals surface area contributed by atoms with E-state index in [-0.39, 0.29) is 18.3 Å². The molecule has 0 unspecified atom stereocenters. The summed E-state index contributed by atoms with van der Waals surface area (Å²) in [6.07, 6.45) is 5.71. The van der Waals surface area contributed by atoms with Gasteiger partial charge in [0.15, 0.2) is 0 Å². The summed E-state index contributed by atoms with van der Waals surface area (Å²) in [4.78, 5) is 0. The van der Waals surface area contributed by atoms with Crippen LogP contribution in [0.1, 0.15) is 40.5 Å². The van der Waals surface area contributed by atoms with Gasteiger partial charge in [0.25, 0.3) is 0 Å². The maximum Gasteiger partial charge on any atom is 0.507 e. The Kier molecular flexibility index (Phi) is 4.13. The first kappa shape index (κ1) is 16.3. The van der Waals surface area contributed by atoms with E-state index in [1.807, 2.05) is 23.6 Å². The molecule has 0 spiro atoms. The predicted molar refractivity (Wildman–Crippen MR) is 94.7 cm³/mol. The maximum atomic E-state index is 9.26. The molecule has 0 aromatic carbocycles. The zero-order valence-electron chi connectivity index (χ0n) is 14.0. The smallest absolute Gasteiger partial charge is 0.399 e. The van der Waals surface area contributed by atoms with Crippen molar-refractivity contribution in [2.24, 2.45) is 0 Å². The molecule has 4 nitrogen and oxygen atoms in total. The van der Waals surface area contributed by atoms with E-state index < -0.39 is 0 Å². The van der Waals surface area contributed by atoms with E-state index in [0.717, 1.165) is 29.0 Å². The molecule has 0 saturated carbocycles. The SMILES string of the molecule is CC1(C)OB(c2sccc2NC2=C(C#N)C=CCC2)OC1(C)C. The van der Waals surface area contributed by atoms with Gasteiger partial charge in [-0.2, -0.15) is 16.6 Å². The highest BCUT2D eigenvalue weighted by molar-refractivity contribution is 7.21. The van der Waals surface area contributed by atoms with E-state index in [9.17, 15) is 5.26 Å². The summed E-state index contributed by atoms with van der Waals surface area (Å²) in [5, 5.41) is 14.7. The van der Waals surface area contributed by atoms with E-state index >= 15 is 0 Å². The third-order valence-corrected chi connectivity index (χ3v) is 5.68. The second-order valence-electron chi connectivity index (χ2n) is 6.86. The van der Waals surface area contributed by atoms with Crippen molar-refractivity contribution in [3.05, 3.63) is 34.9 Å². The maximum absolute atomic E-state index is 9.26. The minimum atomic E-state index is -0.382. The third kappa shape index (κ3) is 2.97. The molecule has 0 radical (unpaired) electrons. The van der Waals surface area contributed by atoms with Crippen LogP contribution < -0.4 is 10.1 Å². The van der Waals surface area contributed by atoms with Gasteiger partial charge in [-0.3, -0.25) is 0 Å². The van der Waals surface area contributed by atoms with E-state index in [0.29, 0.717) is 5.57 Å². The summed E-state index contributed by atoms with van der Waals surface area (Å²) < 4.78 is 13.3. The van der Waals surface area contributed by atoms with Crippen molar-refractivity contribution in [3.63, 3.8) is 0 Å². The molecule has 1 aromatic heterocycles. The third-order valence-electron chi connectivity index (χ3n) is 4.74. The summed E-state index contributed by atoms with van der Waals surface area (Å²) in [5.41, 5.74) is 1.91. The van der Waals surface area contributed by atoms with Crippen LogP contribution in [-0.2, 0) is 9.31 Å². The zero-order chi connectivity index (χ0) is 16.7. The second kappa shape index (κ2) is 5.83. The molecule has 2 aliphatic rings. The summed E-state index contributed by atoms with van der Waals surface area (Å²) >= 11 is 1.61. The van der Waals surface area contributed by atoms with Crippen molar-refractivity contribution in [1.29, 1.82) is 5.26 Å². The Morgan fingerprint density at radius 2 is 1.96 bits per heavy atom. The predicted octanol–water partition coefficient (Wildman–Crippen LogP) is 3.59. The first-order chi connectivity index (χ1) is 10.8. The van der Waals surface area contributed by atoms with E-state index in [1.54, 1.807) is 11.3 Å². The number of rotatable bonds is 3. The largest absolute Gasteiger partial charge is 0.507 e. The topological polar surface area (TPSA) is 54.3 Å². The standard InChI is InChI=1S/C17H21BN2O2S/c1-16(2)17(3,4)22-18(21-16)15-14(9-10-23-15)20-13-8-6-5-7-12(13)11-19/h5,7,9-10,20H,6,8H2,1-4H3. The molecule has 1 aliphatic heterocycles. The van der Waals surface area contributed by atoms with Gasteiger partial charge in [-0.15, -0.1) is 0 Å². The molecule has 6 heteroatoms. The van der Waals surface area contributed by atoms with E-state index in [4.69, 9.17) is 9.31 Å². The molecule has 0 amide bonds. The number of hydrogen-bond acceptors (Lipinski definition) is 5. The fourth-order valence-electron chi connectivity index (χ4n) is 2.62. The van der Waals surface area contributed by atoms with Crippen LogP contribution in [0.3, 0.4) is 0 Å². The second-order valence-corrected chi connectivity index (χ2v) is 7.80. The number of nitrogens with zero attached hydrogens (tertiary/aromatic N) is 1. The highest BCUT2D eigenvalue weighted by atomic mass is 32.1. The Morgan fingerprint density at radius 3 is 2.61 bits per heavy atom. The molecule has 1 aromatic rings. The van der Waals surface area contributed by atoms with Gasteiger partial charge in [0.1, 0.15) is 6.07 Å². The normalized spacial score (nSPS) is 22.3. The lowest BCUT2D eigenvalue weighted by Gasteiger charge is -2.32. The van der Waals surface area contributed by atoms with Gasteiger partial charge in [-0.1, -0.05) is 6.08 Å². The molecular formula is C17H21BN2O2S. The number of allylic oxidation sites excluding steroid dienone is 4. The Hall–Kier alpha value is -1.55. The van der Waals surface area contributed by atoms with Crippen LogP contribution in [0.25, 0.3) is 0 Å². The number of hydrogen-bond donors (Lipinski definition) is 1. The van der Waals surface area contributed by atoms with Gasteiger partial charge >= 0.3 is 7.12 Å². The van der Waals surface area contributed by atoms with Gasteiger partial charge in [0, 0.05) is 11.4 Å². The van der Waals surface area contributed by atoms with Crippen molar-refractivity contribution in [2.45, 2.75) is 51.7 Å². The van der Waals surface area contributed by atoms with Gasteiger partial charge in [-0.25, -0.2) is 0 Å². The van der Waals surface area contributed by atoms with E-state index in [2.05, 4.69) is 39.1 Å². The van der Waals surface area contributed by atoms with Gasteiger partial charge in [0.05, 0.1) is 21.6 Å². The Balaban J connectivity index is 1.86. The van der Waals surface area contributed by atoms with Gasteiger partial charge < -0.3 is 14.6 Å². The Labute approximate surface area is 141 Å². The van der Waals surface area contributed by atoms with Crippen LogP contribution in [0.5, 0.6) is 0 Å². The highest BCUT2D eigenvalue weighted by Gasteiger charge is 2.52. The Bertz CT molecular complexity index is 696. The number of thiophene rings is 1. The van der Waals surface area contributed by atoms with Crippen molar-refractivity contribution >= 4 is 28.9 Å². The summed E-state index contributed by atoms with van der Waals surface area (Å²) in [6, 6.07) is 4.27. The first-order valence-electron chi connectivity index (χ1n) is 7.84. The minimum Gasteiger partial charge on any atom is -0.399 e. The summed E-state index contributed by atoms with van der Waals surface area (Å²) in [5.74, 6) is 0. The van der Waals surface area contributed by atoms with Crippen molar-refractivity contribution in [1.82, 2.24) is 0 Å². The fourth-order valence-corrected chi connectivity index (χ4v) is 3.42. The number of nitriles is 1. The molecule has 0 atom stereocenters. The number of nitrogens with one attached hydrogen (secondary N) is 1. The summed E-state index contributed by atoms with van der Waals surface area (Å²) in [7, 11) is -0.382. The van der Waals surface area contributed by atoms with Gasteiger partial charge in [-0.05, 0) is 58.1 Å². The van der Waals surface area contributed by atoms with Crippen LogP contribution in [-0.4, -0.2) is 18.3 Å². The van der Waals surface area contributed by atoms with Crippen LogP contribution in [0, 0.1) is 11.3 Å². The molecule has 1 aliphatic carbocycles. The average molecular weight is 328 g/mol. The molecule has 1 fully saturated rings. The van der Waals surface area contributed by atoms with Crippen LogP contribution in [0.2, 0.25) is 0 Å². The molecular weight excluding hydrogens is 307 g/mol. The van der Waals surface area contributed by atoms with Crippen molar-refractivity contribution in [2.75, 3.05) is 5.32 Å². The minimum absolute atomic E-state index is 0.358.